The van der Waals surface area contributed by atoms with Gasteiger partial charge in [-0.05, 0) is 55.6 Å². The molecule has 0 aromatic heterocycles. The highest BCUT2D eigenvalue weighted by atomic mass is 16.5. The lowest BCUT2D eigenvalue weighted by molar-refractivity contribution is 0.414. The van der Waals surface area contributed by atoms with E-state index in [0.29, 0.717) is 6.04 Å². The fourth-order valence-corrected chi connectivity index (χ4v) is 2.41. The van der Waals surface area contributed by atoms with Crippen LogP contribution >= 0.6 is 0 Å². The van der Waals surface area contributed by atoms with Crippen LogP contribution < -0.4 is 10.1 Å². The van der Waals surface area contributed by atoms with Crippen LogP contribution in [0.4, 0.5) is 0 Å². The number of ether oxygens (including phenoxy) is 1. The van der Waals surface area contributed by atoms with Crippen LogP contribution in [0.2, 0.25) is 0 Å². The lowest BCUT2D eigenvalue weighted by Gasteiger charge is -2.16. The quantitative estimate of drug-likeness (QED) is 0.859. The minimum absolute atomic E-state index is 0.384. The Labute approximate surface area is 121 Å². The number of hydrogen-bond acceptors (Lipinski definition) is 2. The smallest absolute Gasteiger partial charge is 0.118 e. The van der Waals surface area contributed by atoms with Crippen molar-refractivity contribution in [3.05, 3.63) is 65.2 Å². The molecule has 0 aliphatic heterocycles. The SMILES string of the molecule is COc1ccc(CCNC(C)c2ccccc2C)cc1. The summed E-state index contributed by atoms with van der Waals surface area (Å²) in [6.45, 7) is 5.36. The fourth-order valence-electron chi connectivity index (χ4n) is 2.41. The largest absolute Gasteiger partial charge is 0.497 e. The molecule has 2 aromatic rings. The summed E-state index contributed by atoms with van der Waals surface area (Å²) in [6.07, 6.45) is 1.03. The first-order valence-corrected chi connectivity index (χ1v) is 7.12. The van der Waals surface area contributed by atoms with Gasteiger partial charge in [0.1, 0.15) is 5.75 Å². The third-order valence-electron chi connectivity index (χ3n) is 3.68. The molecule has 1 atom stereocenters. The Balaban J connectivity index is 1.84. The predicted molar refractivity (Wildman–Crippen MR) is 84.3 cm³/mol. The van der Waals surface area contributed by atoms with Gasteiger partial charge < -0.3 is 10.1 Å². The molecule has 2 heteroatoms. The number of aryl methyl sites for hydroxylation is 1. The van der Waals surface area contributed by atoms with E-state index in [4.69, 9.17) is 4.74 Å². The molecule has 0 fully saturated rings. The van der Waals surface area contributed by atoms with E-state index in [0.717, 1.165) is 18.7 Å². The second-order valence-electron chi connectivity index (χ2n) is 5.13. The van der Waals surface area contributed by atoms with Gasteiger partial charge in [0.25, 0.3) is 0 Å². The minimum Gasteiger partial charge on any atom is -0.497 e. The molecule has 1 unspecified atom stereocenters. The Kier molecular flexibility index (Phi) is 5.19. The minimum atomic E-state index is 0.384. The van der Waals surface area contributed by atoms with Crippen LogP contribution in [0.1, 0.15) is 29.7 Å². The number of hydrogen-bond donors (Lipinski definition) is 1. The van der Waals surface area contributed by atoms with Crippen molar-refractivity contribution in [2.75, 3.05) is 13.7 Å². The van der Waals surface area contributed by atoms with Crippen LogP contribution in [0.5, 0.6) is 5.75 Å². The van der Waals surface area contributed by atoms with Gasteiger partial charge in [0.15, 0.2) is 0 Å². The van der Waals surface area contributed by atoms with Crippen LogP contribution in [-0.2, 0) is 6.42 Å². The summed E-state index contributed by atoms with van der Waals surface area (Å²) in [6, 6.07) is 17.2. The number of nitrogens with one attached hydrogen (secondary N) is 1. The Bertz CT molecular complexity index is 533. The van der Waals surface area contributed by atoms with E-state index in [1.54, 1.807) is 7.11 Å². The average Bonchev–Trinajstić information content (AvgIpc) is 2.48. The van der Waals surface area contributed by atoms with Crippen molar-refractivity contribution in [3.8, 4) is 5.75 Å². The molecule has 0 bridgehead atoms. The van der Waals surface area contributed by atoms with E-state index in [2.05, 4.69) is 55.6 Å². The third kappa shape index (κ3) is 3.84. The molecular formula is C18H23NO. The van der Waals surface area contributed by atoms with Gasteiger partial charge in [-0.1, -0.05) is 36.4 Å². The summed E-state index contributed by atoms with van der Waals surface area (Å²) < 4.78 is 5.17. The molecule has 2 rings (SSSR count). The molecule has 0 amide bonds. The van der Waals surface area contributed by atoms with Crippen LogP contribution in [0.25, 0.3) is 0 Å². The van der Waals surface area contributed by atoms with E-state index in [9.17, 15) is 0 Å². The molecule has 0 heterocycles. The number of benzene rings is 2. The molecule has 2 aromatic carbocycles. The van der Waals surface area contributed by atoms with E-state index in [-0.39, 0.29) is 0 Å². The molecule has 1 N–H and O–H groups in total. The van der Waals surface area contributed by atoms with Gasteiger partial charge in [0.05, 0.1) is 7.11 Å². The van der Waals surface area contributed by atoms with Crippen LogP contribution in [0.3, 0.4) is 0 Å². The van der Waals surface area contributed by atoms with Crippen molar-refractivity contribution < 1.29 is 4.74 Å². The van der Waals surface area contributed by atoms with E-state index in [1.807, 2.05) is 12.1 Å². The molecule has 0 saturated carbocycles. The highest BCUT2D eigenvalue weighted by Gasteiger charge is 2.06. The van der Waals surface area contributed by atoms with E-state index in [1.165, 1.54) is 16.7 Å². The predicted octanol–water partition coefficient (Wildman–Crippen LogP) is 3.90. The first-order valence-electron chi connectivity index (χ1n) is 7.12. The molecular weight excluding hydrogens is 246 g/mol. The molecule has 0 radical (unpaired) electrons. The van der Waals surface area contributed by atoms with Crippen molar-refractivity contribution in [1.82, 2.24) is 5.32 Å². The molecule has 0 spiro atoms. The zero-order valence-electron chi connectivity index (χ0n) is 12.5. The third-order valence-corrected chi connectivity index (χ3v) is 3.68. The molecule has 2 nitrogen and oxygen atoms in total. The maximum absolute atomic E-state index is 5.17. The van der Waals surface area contributed by atoms with Gasteiger partial charge in [0, 0.05) is 6.04 Å². The molecule has 0 aliphatic carbocycles. The van der Waals surface area contributed by atoms with Crippen molar-refractivity contribution in [2.24, 2.45) is 0 Å². The summed E-state index contributed by atoms with van der Waals surface area (Å²) in [4.78, 5) is 0. The van der Waals surface area contributed by atoms with Crippen molar-refractivity contribution in [1.29, 1.82) is 0 Å². The summed E-state index contributed by atoms with van der Waals surface area (Å²) in [5.41, 5.74) is 4.05. The highest BCUT2D eigenvalue weighted by molar-refractivity contribution is 5.29. The van der Waals surface area contributed by atoms with Crippen molar-refractivity contribution in [2.45, 2.75) is 26.3 Å². The monoisotopic (exact) mass is 269 g/mol. The van der Waals surface area contributed by atoms with Gasteiger partial charge in [-0.2, -0.15) is 0 Å². The van der Waals surface area contributed by atoms with E-state index >= 15 is 0 Å². The van der Waals surface area contributed by atoms with E-state index < -0.39 is 0 Å². The standard InChI is InChI=1S/C18H23NO/c1-14-6-4-5-7-18(14)15(2)19-13-12-16-8-10-17(20-3)11-9-16/h4-11,15,19H,12-13H2,1-3H3. The van der Waals surface area contributed by atoms with Gasteiger partial charge in [-0.3, -0.25) is 0 Å². The maximum Gasteiger partial charge on any atom is 0.118 e. The topological polar surface area (TPSA) is 21.3 Å². The van der Waals surface area contributed by atoms with Crippen molar-refractivity contribution in [3.63, 3.8) is 0 Å². The van der Waals surface area contributed by atoms with Gasteiger partial charge in [-0.15, -0.1) is 0 Å². The first-order chi connectivity index (χ1) is 9.70. The Morgan fingerprint density at radius 3 is 2.40 bits per heavy atom. The molecule has 0 saturated heterocycles. The second kappa shape index (κ2) is 7.11. The summed E-state index contributed by atoms with van der Waals surface area (Å²) >= 11 is 0. The van der Waals surface area contributed by atoms with Crippen molar-refractivity contribution >= 4 is 0 Å². The molecule has 0 aliphatic rings. The molecule has 20 heavy (non-hydrogen) atoms. The summed E-state index contributed by atoms with van der Waals surface area (Å²) in [7, 11) is 1.69. The zero-order chi connectivity index (χ0) is 14.4. The van der Waals surface area contributed by atoms with Gasteiger partial charge in [0.2, 0.25) is 0 Å². The Hall–Kier alpha value is -1.80. The number of methoxy groups -OCH3 is 1. The first kappa shape index (κ1) is 14.6. The Morgan fingerprint density at radius 1 is 1.05 bits per heavy atom. The summed E-state index contributed by atoms with van der Waals surface area (Å²) in [5.74, 6) is 0.912. The van der Waals surface area contributed by atoms with Crippen LogP contribution in [0, 0.1) is 6.92 Å². The van der Waals surface area contributed by atoms with Crippen LogP contribution in [0.15, 0.2) is 48.5 Å². The highest BCUT2D eigenvalue weighted by Crippen LogP contribution is 2.17. The normalized spacial score (nSPS) is 12.2. The second-order valence-corrected chi connectivity index (χ2v) is 5.13. The average molecular weight is 269 g/mol. The zero-order valence-corrected chi connectivity index (χ0v) is 12.5. The summed E-state index contributed by atoms with van der Waals surface area (Å²) in [5, 5.41) is 3.59. The van der Waals surface area contributed by atoms with Gasteiger partial charge in [-0.25, -0.2) is 0 Å². The lowest BCUT2D eigenvalue weighted by atomic mass is 10.0. The van der Waals surface area contributed by atoms with Gasteiger partial charge >= 0.3 is 0 Å². The Morgan fingerprint density at radius 2 is 1.75 bits per heavy atom. The number of rotatable bonds is 6. The fraction of sp³-hybridized carbons (Fsp3) is 0.333. The lowest BCUT2D eigenvalue weighted by Crippen LogP contribution is -2.22. The van der Waals surface area contributed by atoms with Crippen LogP contribution in [-0.4, -0.2) is 13.7 Å². The molecule has 106 valence electrons. The maximum atomic E-state index is 5.17.